The van der Waals surface area contributed by atoms with Gasteiger partial charge in [0, 0.05) is 22.6 Å². The van der Waals surface area contributed by atoms with Gasteiger partial charge < -0.3 is 15.6 Å². The molecule has 0 bridgehead atoms. The zero-order valence-corrected chi connectivity index (χ0v) is 12.6. The van der Waals surface area contributed by atoms with E-state index in [0.717, 1.165) is 18.5 Å². The average Bonchev–Trinajstić information content (AvgIpc) is 2.74. The molecule has 106 valence electrons. The summed E-state index contributed by atoms with van der Waals surface area (Å²) >= 11 is 3.36. The third kappa shape index (κ3) is 2.57. The monoisotopic (exact) mass is 332 g/mol. The predicted octanol–water partition coefficient (Wildman–Crippen LogP) is 2.25. The summed E-state index contributed by atoms with van der Waals surface area (Å²) in [6, 6.07) is 1.33. The van der Waals surface area contributed by atoms with E-state index in [-0.39, 0.29) is 11.8 Å². The van der Waals surface area contributed by atoms with Crippen molar-refractivity contribution in [3.63, 3.8) is 0 Å². The Kier molecular flexibility index (Phi) is 4.32. The lowest BCUT2D eigenvalue weighted by Crippen LogP contribution is -2.21. The van der Waals surface area contributed by atoms with Gasteiger partial charge >= 0.3 is 0 Å². The lowest BCUT2D eigenvalue weighted by atomic mass is 9.98. The van der Waals surface area contributed by atoms with E-state index in [0.29, 0.717) is 16.9 Å². The third-order valence-electron chi connectivity index (χ3n) is 3.70. The van der Waals surface area contributed by atoms with Crippen LogP contribution in [0.5, 0.6) is 11.5 Å². The van der Waals surface area contributed by atoms with Crippen molar-refractivity contribution >= 4 is 15.9 Å². The lowest BCUT2D eigenvalue weighted by Gasteiger charge is -2.23. The number of benzene rings is 1. The molecule has 6 heteroatoms. The molecular formula is C13H18BrFN2O2. The van der Waals surface area contributed by atoms with E-state index < -0.39 is 11.6 Å². The van der Waals surface area contributed by atoms with Crippen LogP contribution in [0.4, 0.5) is 4.39 Å². The lowest BCUT2D eigenvalue weighted by molar-refractivity contribution is 0.294. The van der Waals surface area contributed by atoms with Gasteiger partial charge in [0.1, 0.15) is 0 Å². The van der Waals surface area contributed by atoms with Crippen molar-refractivity contribution < 1.29 is 14.2 Å². The van der Waals surface area contributed by atoms with Crippen LogP contribution in [-0.2, 0) is 0 Å². The van der Waals surface area contributed by atoms with E-state index in [2.05, 4.69) is 20.8 Å². The summed E-state index contributed by atoms with van der Waals surface area (Å²) in [5.74, 6) is -0.533. The zero-order valence-electron chi connectivity index (χ0n) is 11.0. The molecule has 0 amide bonds. The smallest absolute Gasteiger partial charge is 0.194 e. The molecule has 3 N–H and O–H groups in total. The van der Waals surface area contributed by atoms with Crippen LogP contribution in [0.25, 0.3) is 0 Å². The maximum Gasteiger partial charge on any atom is 0.194 e. The Hall–Kier alpha value is -0.850. The molecule has 1 aliphatic heterocycles. The molecule has 1 aromatic carbocycles. The van der Waals surface area contributed by atoms with Crippen molar-refractivity contribution in [3.8, 4) is 11.5 Å². The molecule has 2 atom stereocenters. The number of ether oxygens (including phenoxy) is 1. The van der Waals surface area contributed by atoms with E-state index >= 15 is 0 Å². The second-order valence-electron chi connectivity index (χ2n) is 4.93. The number of phenolic OH excluding ortho intramolecular Hbond substituents is 1. The standard InChI is InChI=1S/C13H18BrFN2O2/c1-17-6-7(5-16)3-10(17)11-8(14)4-9(15)12(18)13(11)19-2/h4,7,10,18H,3,5-6,16H2,1-2H3. The van der Waals surface area contributed by atoms with Gasteiger partial charge in [0.15, 0.2) is 17.3 Å². The first-order valence-corrected chi connectivity index (χ1v) is 6.94. The van der Waals surface area contributed by atoms with E-state index in [9.17, 15) is 9.50 Å². The van der Waals surface area contributed by atoms with Gasteiger partial charge in [-0.1, -0.05) is 15.9 Å². The number of nitrogens with two attached hydrogens (primary N) is 1. The quantitative estimate of drug-likeness (QED) is 0.891. The average molecular weight is 333 g/mol. The van der Waals surface area contributed by atoms with Crippen LogP contribution in [0.3, 0.4) is 0 Å². The minimum Gasteiger partial charge on any atom is -0.502 e. The summed E-state index contributed by atoms with van der Waals surface area (Å²) in [6.45, 7) is 1.50. The van der Waals surface area contributed by atoms with Gasteiger partial charge in [-0.25, -0.2) is 4.39 Å². The molecule has 0 radical (unpaired) electrons. The highest BCUT2D eigenvalue weighted by molar-refractivity contribution is 9.10. The Morgan fingerprint density at radius 1 is 1.63 bits per heavy atom. The fourth-order valence-corrected chi connectivity index (χ4v) is 3.38. The number of hydrogen-bond donors (Lipinski definition) is 2. The Labute approximate surface area is 120 Å². The molecule has 0 spiro atoms. The number of aromatic hydroxyl groups is 1. The number of methoxy groups -OCH3 is 1. The van der Waals surface area contributed by atoms with E-state index in [4.69, 9.17) is 10.5 Å². The van der Waals surface area contributed by atoms with Crippen molar-refractivity contribution in [1.29, 1.82) is 0 Å². The SMILES string of the molecule is COc1c(O)c(F)cc(Br)c1C1CC(CN)CN1C. The highest BCUT2D eigenvalue weighted by Crippen LogP contribution is 2.46. The van der Waals surface area contributed by atoms with Crippen molar-refractivity contribution in [2.75, 3.05) is 27.2 Å². The number of hydrogen-bond acceptors (Lipinski definition) is 4. The van der Waals surface area contributed by atoms with Gasteiger partial charge in [-0.15, -0.1) is 0 Å². The summed E-state index contributed by atoms with van der Waals surface area (Å²) in [5.41, 5.74) is 6.50. The highest BCUT2D eigenvalue weighted by Gasteiger charge is 2.34. The first-order chi connectivity index (χ1) is 8.99. The molecule has 1 aromatic rings. The van der Waals surface area contributed by atoms with Crippen LogP contribution in [0.15, 0.2) is 10.5 Å². The predicted molar refractivity (Wildman–Crippen MR) is 74.8 cm³/mol. The summed E-state index contributed by atoms with van der Waals surface area (Å²) in [6.07, 6.45) is 0.868. The van der Waals surface area contributed by atoms with Crippen LogP contribution in [-0.4, -0.2) is 37.3 Å². The fraction of sp³-hybridized carbons (Fsp3) is 0.538. The van der Waals surface area contributed by atoms with E-state index in [1.807, 2.05) is 7.05 Å². The van der Waals surface area contributed by atoms with Crippen LogP contribution >= 0.6 is 15.9 Å². The number of nitrogens with zero attached hydrogens (tertiary/aromatic N) is 1. The number of rotatable bonds is 3. The number of likely N-dealkylation sites (tertiary alicyclic amines) is 1. The highest BCUT2D eigenvalue weighted by atomic mass is 79.9. The molecule has 1 aliphatic rings. The molecule has 1 saturated heterocycles. The first-order valence-electron chi connectivity index (χ1n) is 6.14. The molecule has 0 aromatic heterocycles. The third-order valence-corrected chi connectivity index (χ3v) is 4.36. The zero-order chi connectivity index (χ0) is 14.2. The Bertz CT molecular complexity index is 484. The van der Waals surface area contributed by atoms with Crippen molar-refractivity contribution in [2.24, 2.45) is 11.7 Å². The van der Waals surface area contributed by atoms with Crippen LogP contribution in [0.1, 0.15) is 18.0 Å². The number of halogens is 2. The fourth-order valence-electron chi connectivity index (χ4n) is 2.73. The minimum atomic E-state index is -0.691. The largest absolute Gasteiger partial charge is 0.502 e. The van der Waals surface area contributed by atoms with Gasteiger partial charge in [0.25, 0.3) is 0 Å². The maximum atomic E-state index is 13.5. The molecule has 19 heavy (non-hydrogen) atoms. The maximum absolute atomic E-state index is 13.5. The summed E-state index contributed by atoms with van der Waals surface area (Å²) in [7, 11) is 3.42. The molecular weight excluding hydrogens is 315 g/mol. The van der Waals surface area contributed by atoms with Gasteiger partial charge in [-0.05, 0) is 32.0 Å². The number of phenols is 1. The Morgan fingerprint density at radius 3 is 2.84 bits per heavy atom. The summed E-state index contributed by atoms with van der Waals surface area (Å²) in [4.78, 5) is 2.15. The molecule has 2 rings (SSSR count). The van der Waals surface area contributed by atoms with Gasteiger partial charge in [0.2, 0.25) is 0 Å². The van der Waals surface area contributed by atoms with Crippen molar-refractivity contribution in [1.82, 2.24) is 4.90 Å². The molecule has 1 fully saturated rings. The van der Waals surface area contributed by atoms with Crippen molar-refractivity contribution in [3.05, 3.63) is 21.9 Å². The Balaban J connectivity index is 2.47. The second kappa shape index (κ2) is 5.64. The Morgan fingerprint density at radius 2 is 2.32 bits per heavy atom. The first kappa shape index (κ1) is 14.6. The van der Waals surface area contributed by atoms with Gasteiger partial charge in [-0.3, -0.25) is 4.90 Å². The normalized spacial score (nSPS) is 23.8. The molecule has 4 nitrogen and oxygen atoms in total. The van der Waals surface area contributed by atoms with Gasteiger partial charge in [-0.2, -0.15) is 0 Å². The second-order valence-corrected chi connectivity index (χ2v) is 5.78. The van der Waals surface area contributed by atoms with Crippen LogP contribution in [0.2, 0.25) is 0 Å². The summed E-state index contributed by atoms with van der Waals surface area (Å²) in [5, 5.41) is 9.81. The molecule has 0 saturated carbocycles. The van der Waals surface area contributed by atoms with Crippen molar-refractivity contribution in [2.45, 2.75) is 12.5 Å². The minimum absolute atomic E-state index is 0.0596. The summed E-state index contributed by atoms with van der Waals surface area (Å²) < 4.78 is 19.3. The van der Waals surface area contributed by atoms with Crippen LogP contribution in [0, 0.1) is 11.7 Å². The molecule has 2 unspecified atom stereocenters. The van der Waals surface area contributed by atoms with E-state index in [1.165, 1.54) is 13.2 Å². The molecule has 0 aliphatic carbocycles. The van der Waals surface area contributed by atoms with Crippen LogP contribution < -0.4 is 10.5 Å². The van der Waals surface area contributed by atoms with Gasteiger partial charge in [0.05, 0.1) is 7.11 Å². The topological polar surface area (TPSA) is 58.7 Å². The van der Waals surface area contributed by atoms with E-state index in [1.54, 1.807) is 0 Å². The molecule has 1 heterocycles.